The standard InChI is InChI=1S/C18H24N2O2S/c1-3-20(4-2)18-12-10-17(11-13-18)19-23(21,22)15-14-16-8-6-5-7-9-16/h5-13,19H,3-4,14-15H2,1-2H3. The number of benzene rings is 2. The summed E-state index contributed by atoms with van der Waals surface area (Å²) in [5.74, 6) is 0.0782. The van der Waals surface area contributed by atoms with Crippen molar-refractivity contribution in [2.75, 3.05) is 28.5 Å². The van der Waals surface area contributed by atoms with Crippen molar-refractivity contribution in [2.45, 2.75) is 20.3 Å². The third-order valence-corrected chi connectivity index (χ3v) is 5.06. The van der Waals surface area contributed by atoms with Gasteiger partial charge >= 0.3 is 0 Å². The van der Waals surface area contributed by atoms with Crippen LogP contribution >= 0.6 is 0 Å². The summed E-state index contributed by atoms with van der Waals surface area (Å²) in [6, 6.07) is 17.2. The molecule has 0 spiro atoms. The minimum atomic E-state index is -3.34. The van der Waals surface area contributed by atoms with E-state index in [0.717, 1.165) is 24.3 Å². The highest BCUT2D eigenvalue weighted by atomic mass is 32.2. The molecule has 0 fully saturated rings. The zero-order chi connectivity index (χ0) is 16.7. The summed E-state index contributed by atoms with van der Waals surface area (Å²) in [6.07, 6.45) is 0.508. The average Bonchev–Trinajstić information content (AvgIpc) is 2.56. The van der Waals surface area contributed by atoms with Crippen molar-refractivity contribution in [2.24, 2.45) is 0 Å². The molecule has 2 aromatic carbocycles. The summed E-state index contributed by atoms with van der Waals surface area (Å²) in [6.45, 7) is 6.06. The van der Waals surface area contributed by atoms with Gasteiger partial charge in [-0.3, -0.25) is 4.72 Å². The quantitative estimate of drug-likeness (QED) is 0.805. The number of rotatable bonds is 8. The van der Waals surface area contributed by atoms with E-state index in [1.165, 1.54) is 0 Å². The van der Waals surface area contributed by atoms with Gasteiger partial charge in [0.1, 0.15) is 0 Å². The second kappa shape index (κ2) is 8.02. The molecular formula is C18H24N2O2S. The molecule has 0 radical (unpaired) electrons. The van der Waals surface area contributed by atoms with Gasteiger partial charge in [0.15, 0.2) is 0 Å². The number of sulfonamides is 1. The van der Waals surface area contributed by atoms with E-state index < -0.39 is 10.0 Å². The Morgan fingerprint density at radius 1 is 0.913 bits per heavy atom. The Hall–Kier alpha value is -2.01. The van der Waals surface area contributed by atoms with Gasteiger partial charge in [0.05, 0.1) is 5.75 Å². The molecule has 0 aliphatic heterocycles. The molecule has 0 bridgehead atoms. The fourth-order valence-electron chi connectivity index (χ4n) is 2.46. The predicted octanol–water partition coefficient (Wildman–Crippen LogP) is 3.52. The number of aryl methyl sites for hydroxylation is 1. The molecule has 0 atom stereocenters. The summed E-state index contributed by atoms with van der Waals surface area (Å²) in [7, 11) is -3.34. The Bertz CT molecular complexity index is 694. The average molecular weight is 332 g/mol. The lowest BCUT2D eigenvalue weighted by atomic mass is 10.2. The van der Waals surface area contributed by atoms with E-state index in [9.17, 15) is 8.42 Å². The summed E-state index contributed by atoms with van der Waals surface area (Å²) >= 11 is 0. The van der Waals surface area contributed by atoms with Crippen LogP contribution in [0.15, 0.2) is 54.6 Å². The molecule has 0 heterocycles. The molecule has 0 aliphatic rings. The molecule has 0 unspecified atom stereocenters. The molecule has 0 saturated carbocycles. The van der Waals surface area contributed by atoms with Crippen LogP contribution in [-0.2, 0) is 16.4 Å². The molecule has 23 heavy (non-hydrogen) atoms. The number of hydrogen-bond acceptors (Lipinski definition) is 3. The molecule has 2 rings (SSSR count). The summed E-state index contributed by atoms with van der Waals surface area (Å²) in [5.41, 5.74) is 2.73. The maximum absolute atomic E-state index is 12.2. The number of anilines is 2. The topological polar surface area (TPSA) is 49.4 Å². The number of nitrogens with one attached hydrogen (secondary N) is 1. The third-order valence-electron chi connectivity index (χ3n) is 3.77. The van der Waals surface area contributed by atoms with Crippen molar-refractivity contribution in [3.05, 3.63) is 60.2 Å². The van der Waals surface area contributed by atoms with Gasteiger partial charge in [-0.05, 0) is 50.1 Å². The SMILES string of the molecule is CCN(CC)c1ccc(NS(=O)(=O)CCc2ccccc2)cc1. The van der Waals surface area contributed by atoms with Crippen molar-refractivity contribution < 1.29 is 8.42 Å². The molecule has 0 aliphatic carbocycles. The monoisotopic (exact) mass is 332 g/mol. The Kier molecular flexibility index (Phi) is 6.04. The lowest BCUT2D eigenvalue weighted by Crippen LogP contribution is -2.22. The minimum Gasteiger partial charge on any atom is -0.372 e. The van der Waals surface area contributed by atoms with Crippen molar-refractivity contribution >= 4 is 21.4 Å². The lowest BCUT2D eigenvalue weighted by Gasteiger charge is -2.21. The van der Waals surface area contributed by atoms with Crippen molar-refractivity contribution in [1.29, 1.82) is 0 Å². The second-order valence-electron chi connectivity index (χ2n) is 5.38. The van der Waals surface area contributed by atoms with Crippen LogP contribution in [0.5, 0.6) is 0 Å². The largest absolute Gasteiger partial charge is 0.372 e. The highest BCUT2D eigenvalue weighted by Gasteiger charge is 2.11. The Labute approximate surface area is 139 Å². The lowest BCUT2D eigenvalue weighted by molar-refractivity contribution is 0.600. The number of nitrogens with zero attached hydrogens (tertiary/aromatic N) is 1. The van der Waals surface area contributed by atoms with Gasteiger partial charge in [-0.15, -0.1) is 0 Å². The van der Waals surface area contributed by atoms with Gasteiger partial charge in [-0.2, -0.15) is 0 Å². The van der Waals surface area contributed by atoms with E-state index in [1.807, 2.05) is 54.6 Å². The van der Waals surface area contributed by atoms with Crippen LogP contribution in [0.1, 0.15) is 19.4 Å². The molecule has 2 aromatic rings. The first kappa shape index (κ1) is 17.3. The summed E-state index contributed by atoms with van der Waals surface area (Å²) in [4.78, 5) is 2.22. The van der Waals surface area contributed by atoms with E-state index in [-0.39, 0.29) is 5.75 Å². The molecule has 0 saturated heterocycles. The molecule has 4 nitrogen and oxygen atoms in total. The first-order valence-electron chi connectivity index (χ1n) is 7.93. The van der Waals surface area contributed by atoms with Gasteiger partial charge in [-0.25, -0.2) is 8.42 Å². The second-order valence-corrected chi connectivity index (χ2v) is 7.22. The van der Waals surface area contributed by atoms with Crippen LogP contribution in [0, 0.1) is 0 Å². The van der Waals surface area contributed by atoms with Crippen LogP contribution in [0.2, 0.25) is 0 Å². The van der Waals surface area contributed by atoms with E-state index in [0.29, 0.717) is 12.1 Å². The maximum atomic E-state index is 12.2. The van der Waals surface area contributed by atoms with Crippen molar-refractivity contribution in [3.63, 3.8) is 0 Å². The minimum absolute atomic E-state index is 0.0782. The number of hydrogen-bond donors (Lipinski definition) is 1. The van der Waals surface area contributed by atoms with Crippen LogP contribution in [0.4, 0.5) is 11.4 Å². The van der Waals surface area contributed by atoms with E-state index >= 15 is 0 Å². The predicted molar refractivity (Wildman–Crippen MR) is 97.6 cm³/mol. The molecule has 0 amide bonds. The third kappa shape index (κ3) is 5.28. The Morgan fingerprint density at radius 2 is 1.52 bits per heavy atom. The van der Waals surface area contributed by atoms with Gasteiger partial charge in [0.25, 0.3) is 0 Å². The highest BCUT2D eigenvalue weighted by molar-refractivity contribution is 7.92. The van der Waals surface area contributed by atoms with Crippen LogP contribution in [-0.4, -0.2) is 27.3 Å². The zero-order valence-electron chi connectivity index (χ0n) is 13.7. The van der Waals surface area contributed by atoms with E-state index in [4.69, 9.17) is 0 Å². The van der Waals surface area contributed by atoms with Gasteiger partial charge in [-0.1, -0.05) is 30.3 Å². The van der Waals surface area contributed by atoms with Crippen LogP contribution in [0.3, 0.4) is 0 Å². The molecule has 0 aromatic heterocycles. The Morgan fingerprint density at radius 3 is 2.09 bits per heavy atom. The van der Waals surface area contributed by atoms with Crippen molar-refractivity contribution in [1.82, 2.24) is 0 Å². The van der Waals surface area contributed by atoms with Gasteiger partial charge in [0.2, 0.25) is 10.0 Å². The first-order valence-corrected chi connectivity index (χ1v) is 9.58. The van der Waals surface area contributed by atoms with Crippen LogP contribution < -0.4 is 9.62 Å². The van der Waals surface area contributed by atoms with E-state index in [2.05, 4.69) is 23.5 Å². The molecule has 124 valence electrons. The fraction of sp³-hybridized carbons (Fsp3) is 0.333. The summed E-state index contributed by atoms with van der Waals surface area (Å²) < 4.78 is 27.0. The van der Waals surface area contributed by atoms with Crippen molar-refractivity contribution in [3.8, 4) is 0 Å². The zero-order valence-corrected chi connectivity index (χ0v) is 14.5. The van der Waals surface area contributed by atoms with Crippen LogP contribution in [0.25, 0.3) is 0 Å². The summed E-state index contributed by atoms with van der Waals surface area (Å²) in [5, 5.41) is 0. The Balaban J connectivity index is 1.97. The fourth-order valence-corrected chi connectivity index (χ4v) is 3.56. The normalized spacial score (nSPS) is 11.2. The van der Waals surface area contributed by atoms with Gasteiger partial charge in [0, 0.05) is 24.5 Å². The molecular weight excluding hydrogens is 308 g/mol. The molecule has 5 heteroatoms. The smallest absolute Gasteiger partial charge is 0.233 e. The maximum Gasteiger partial charge on any atom is 0.233 e. The van der Waals surface area contributed by atoms with E-state index in [1.54, 1.807) is 0 Å². The molecule has 1 N–H and O–H groups in total. The van der Waals surface area contributed by atoms with Gasteiger partial charge < -0.3 is 4.90 Å². The first-order chi connectivity index (χ1) is 11.0. The highest BCUT2D eigenvalue weighted by Crippen LogP contribution is 2.18.